The van der Waals surface area contributed by atoms with Crippen LogP contribution in [-0.2, 0) is 16.1 Å². The minimum absolute atomic E-state index is 0.0804. The average Bonchev–Trinajstić information content (AvgIpc) is 2.80. The predicted molar refractivity (Wildman–Crippen MR) is 70.7 cm³/mol. The molecule has 0 bridgehead atoms. The highest BCUT2D eigenvalue weighted by Gasteiger charge is 2.40. The summed E-state index contributed by atoms with van der Waals surface area (Å²) in [6, 6.07) is 3.17. The van der Waals surface area contributed by atoms with E-state index in [1.165, 1.54) is 18.2 Å². The van der Waals surface area contributed by atoms with E-state index in [-0.39, 0.29) is 23.7 Å². The van der Waals surface area contributed by atoms with Gasteiger partial charge < -0.3 is 15.4 Å². The highest BCUT2D eigenvalue weighted by Crippen LogP contribution is 2.18. The molecule has 4 nitrogen and oxygen atoms in total. The maximum atomic E-state index is 13.7. The van der Waals surface area contributed by atoms with Crippen molar-refractivity contribution in [1.82, 2.24) is 10.6 Å². The molecule has 1 aromatic carbocycles. The molecule has 0 aliphatic carbocycles. The Hall–Kier alpha value is -1.24. The smallest absolute Gasteiger partial charge is 0.240 e. The first-order valence-corrected chi connectivity index (χ1v) is 6.33. The number of hydrogen-bond acceptors (Lipinski definition) is 3. The maximum Gasteiger partial charge on any atom is 0.240 e. The van der Waals surface area contributed by atoms with Gasteiger partial charge in [0, 0.05) is 25.7 Å². The molecule has 1 aromatic rings. The van der Waals surface area contributed by atoms with Gasteiger partial charge in [-0.15, -0.1) is 0 Å². The summed E-state index contributed by atoms with van der Waals surface area (Å²) >= 11 is 5.64. The van der Waals surface area contributed by atoms with Crippen LogP contribution in [0, 0.1) is 5.82 Å². The second kappa shape index (κ2) is 6.47. The van der Waals surface area contributed by atoms with Crippen molar-refractivity contribution in [2.75, 3.05) is 13.6 Å². The van der Waals surface area contributed by atoms with Gasteiger partial charge in [0.2, 0.25) is 5.91 Å². The van der Waals surface area contributed by atoms with Gasteiger partial charge in [-0.2, -0.15) is 0 Å². The van der Waals surface area contributed by atoms with Gasteiger partial charge in [0.25, 0.3) is 0 Å². The van der Waals surface area contributed by atoms with Gasteiger partial charge in [-0.3, -0.25) is 4.79 Å². The Morgan fingerprint density at radius 2 is 2.50 bits per heavy atom. The standard InChI is InChI=1S/C13H15ClF2N2O2/c1-20-12-9(15)6-17-11(12)13(19)18-5-7-3-2-4-8(14)10(7)16/h2-4,9,11-12,17H,5-6H2,1H3,(H,18,19)/t9-,11-,12+/m0/s1/i1D3. The molecule has 0 spiro atoms. The number of rotatable bonds is 4. The molecule has 1 saturated heterocycles. The fourth-order valence-electron chi connectivity index (χ4n) is 2.04. The summed E-state index contributed by atoms with van der Waals surface area (Å²) < 4.78 is 53.2. The van der Waals surface area contributed by atoms with Crippen molar-refractivity contribution >= 4 is 17.5 Å². The zero-order chi connectivity index (χ0) is 17.2. The molecule has 0 unspecified atom stereocenters. The van der Waals surface area contributed by atoms with Gasteiger partial charge in [0.1, 0.15) is 24.1 Å². The normalized spacial score (nSPS) is 28.6. The molecule has 20 heavy (non-hydrogen) atoms. The third-order valence-corrected chi connectivity index (χ3v) is 3.41. The molecule has 7 heteroatoms. The van der Waals surface area contributed by atoms with Crippen molar-refractivity contribution in [1.29, 1.82) is 0 Å². The molecule has 2 N–H and O–H groups in total. The van der Waals surface area contributed by atoms with Crippen LogP contribution in [-0.4, -0.2) is 37.8 Å². The second-order valence-corrected chi connectivity index (χ2v) is 4.82. The number of methoxy groups -OCH3 is 1. The van der Waals surface area contributed by atoms with Gasteiger partial charge >= 0.3 is 0 Å². The Labute approximate surface area is 124 Å². The van der Waals surface area contributed by atoms with Gasteiger partial charge in [0.05, 0.1) is 9.13 Å². The van der Waals surface area contributed by atoms with Crippen LogP contribution in [0.1, 0.15) is 9.68 Å². The minimum atomic E-state index is -2.82. The number of carbonyl (C=O) groups is 1. The van der Waals surface area contributed by atoms with Crippen LogP contribution in [0.15, 0.2) is 18.2 Å². The van der Waals surface area contributed by atoms with Crippen LogP contribution in [0.4, 0.5) is 8.78 Å². The molecular weight excluding hydrogens is 290 g/mol. The van der Waals surface area contributed by atoms with Gasteiger partial charge in [-0.1, -0.05) is 23.7 Å². The quantitative estimate of drug-likeness (QED) is 0.884. The molecule has 1 fully saturated rings. The van der Waals surface area contributed by atoms with Crippen LogP contribution >= 0.6 is 11.6 Å². The Balaban J connectivity index is 2.00. The number of benzene rings is 1. The second-order valence-electron chi connectivity index (χ2n) is 4.42. The summed E-state index contributed by atoms with van der Waals surface area (Å²) in [6.07, 6.45) is -3.07. The van der Waals surface area contributed by atoms with Gasteiger partial charge in [-0.05, 0) is 6.07 Å². The Morgan fingerprint density at radius 3 is 3.25 bits per heavy atom. The van der Waals surface area contributed by atoms with Crippen molar-refractivity contribution in [2.24, 2.45) is 0 Å². The number of carbonyl (C=O) groups excluding carboxylic acids is 1. The molecule has 0 aromatic heterocycles. The molecule has 110 valence electrons. The van der Waals surface area contributed by atoms with E-state index in [4.69, 9.17) is 15.7 Å². The van der Waals surface area contributed by atoms with Crippen LogP contribution < -0.4 is 10.6 Å². The SMILES string of the molecule is [2H]C([2H])([2H])O[C@H]1[C@@H](C(=O)NCc2cccc(Cl)c2F)NC[C@@H]1F. The van der Waals surface area contributed by atoms with E-state index in [9.17, 15) is 13.6 Å². The summed E-state index contributed by atoms with van der Waals surface area (Å²) in [5, 5.41) is 4.89. The van der Waals surface area contributed by atoms with E-state index in [0.717, 1.165) is 0 Å². The maximum absolute atomic E-state index is 13.7. The lowest BCUT2D eigenvalue weighted by Crippen LogP contribution is -2.47. The Kier molecular flexibility index (Phi) is 3.70. The van der Waals surface area contributed by atoms with Crippen molar-refractivity contribution in [3.8, 4) is 0 Å². The number of hydrogen-bond donors (Lipinski definition) is 2. The van der Waals surface area contributed by atoms with E-state index >= 15 is 0 Å². The first-order chi connectivity index (χ1) is 10.7. The summed E-state index contributed by atoms with van der Waals surface area (Å²) in [4.78, 5) is 12.1. The largest absolute Gasteiger partial charge is 0.376 e. The lowest BCUT2D eigenvalue weighted by Gasteiger charge is -2.18. The number of nitrogens with one attached hydrogen (secondary N) is 2. The molecule has 2 rings (SSSR count). The number of ether oxygens (including phenoxy) is 1. The number of amides is 1. The van der Waals surface area contributed by atoms with E-state index in [0.29, 0.717) is 0 Å². The minimum Gasteiger partial charge on any atom is -0.376 e. The number of alkyl halides is 1. The van der Waals surface area contributed by atoms with Gasteiger partial charge in [0.15, 0.2) is 0 Å². The lowest BCUT2D eigenvalue weighted by atomic mass is 10.1. The van der Waals surface area contributed by atoms with Crippen LogP contribution in [0.2, 0.25) is 5.02 Å². The third kappa shape index (κ3) is 3.08. The molecule has 1 aliphatic rings. The zero-order valence-electron chi connectivity index (χ0n) is 13.3. The van der Waals surface area contributed by atoms with E-state index < -0.39 is 37.1 Å². The fraction of sp³-hybridized carbons (Fsp3) is 0.462. The topological polar surface area (TPSA) is 50.4 Å². The van der Waals surface area contributed by atoms with Crippen LogP contribution in [0.25, 0.3) is 0 Å². The summed E-state index contributed by atoms with van der Waals surface area (Å²) in [6.45, 7) is -0.370. The third-order valence-electron chi connectivity index (χ3n) is 3.12. The van der Waals surface area contributed by atoms with Crippen molar-refractivity contribution in [3.63, 3.8) is 0 Å². The van der Waals surface area contributed by atoms with Crippen LogP contribution in [0.3, 0.4) is 0 Å². The first kappa shape index (κ1) is 11.4. The molecule has 0 saturated carbocycles. The van der Waals surface area contributed by atoms with Crippen molar-refractivity contribution in [2.45, 2.75) is 24.9 Å². The Bertz CT molecular complexity index is 589. The van der Waals surface area contributed by atoms with E-state index in [1.54, 1.807) is 0 Å². The lowest BCUT2D eigenvalue weighted by molar-refractivity contribution is -0.126. The molecule has 1 amide bonds. The van der Waals surface area contributed by atoms with Gasteiger partial charge in [-0.25, -0.2) is 8.78 Å². The summed E-state index contributed by atoms with van der Waals surface area (Å²) in [7, 11) is -2.82. The molecular formula is C13H15ClF2N2O2. The van der Waals surface area contributed by atoms with Crippen molar-refractivity contribution in [3.05, 3.63) is 34.6 Å². The zero-order valence-corrected chi connectivity index (χ0v) is 11.1. The van der Waals surface area contributed by atoms with E-state index in [2.05, 4.69) is 15.4 Å². The highest BCUT2D eigenvalue weighted by molar-refractivity contribution is 6.30. The molecule has 1 heterocycles. The first-order valence-electron chi connectivity index (χ1n) is 7.45. The molecule has 1 aliphatic heterocycles. The molecule has 3 atom stereocenters. The fourth-order valence-corrected chi connectivity index (χ4v) is 2.24. The highest BCUT2D eigenvalue weighted by atomic mass is 35.5. The number of halogens is 3. The average molecular weight is 308 g/mol. The molecule has 0 radical (unpaired) electrons. The van der Waals surface area contributed by atoms with Crippen molar-refractivity contribution < 1.29 is 22.4 Å². The summed E-state index contributed by atoms with van der Waals surface area (Å²) in [5.74, 6) is -1.34. The van der Waals surface area contributed by atoms with Crippen LogP contribution in [0.5, 0.6) is 0 Å². The monoisotopic (exact) mass is 307 g/mol. The predicted octanol–water partition coefficient (Wildman–Crippen LogP) is 1.42. The van der Waals surface area contributed by atoms with E-state index in [1.807, 2.05) is 0 Å². The summed E-state index contributed by atoms with van der Waals surface area (Å²) in [5.41, 5.74) is 0.161. The Morgan fingerprint density at radius 1 is 1.70 bits per heavy atom.